The lowest BCUT2D eigenvalue weighted by atomic mass is 9.86. The van der Waals surface area contributed by atoms with Crippen molar-refractivity contribution in [3.05, 3.63) is 22.3 Å². The van der Waals surface area contributed by atoms with Gasteiger partial charge in [0.25, 0.3) is 0 Å². The summed E-state index contributed by atoms with van der Waals surface area (Å²) < 4.78 is 11.8. The van der Waals surface area contributed by atoms with Crippen molar-refractivity contribution in [2.45, 2.75) is 59.5 Å². The summed E-state index contributed by atoms with van der Waals surface area (Å²) in [6.45, 7) is 11.6. The van der Waals surface area contributed by atoms with Crippen molar-refractivity contribution in [3.63, 3.8) is 0 Å². The van der Waals surface area contributed by atoms with Gasteiger partial charge in [0.2, 0.25) is 0 Å². The number of phenols is 1. The molecule has 1 heterocycles. The lowest BCUT2D eigenvalue weighted by Crippen LogP contribution is -2.38. The molecule has 3 heteroatoms. The Kier molecular flexibility index (Phi) is 4.28. The third kappa shape index (κ3) is 2.64. The van der Waals surface area contributed by atoms with Crippen LogP contribution in [0.2, 0.25) is 0 Å². The molecule has 1 aliphatic rings. The Morgan fingerprint density at radius 3 is 2.55 bits per heavy atom. The maximum absolute atomic E-state index is 10.2. The first-order valence-corrected chi connectivity index (χ1v) is 7.48. The summed E-state index contributed by atoms with van der Waals surface area (Å²) in [7, 11) is 0. The lowest BCUT2D eigenvalue weighted by molar-refractivity contribution is 0.0208. The highest BCUT2D eigenvalue weighted by Gasteiger charge is 2.34. The number of rotatable bonds is 4. The van der Waals surface area contributed by atoms with Crippen molar-refractivity contribution in [2.24, 2.45) is 0 Å². The predicted octanol–water partition coefficient (Wildman–Crippen LogP) is 3.83. The van der Waals surface area contributed by atoms with Crippen molar-refractivity contribution in [1.29, 1.82) is 0 Å². The van der Waals surface area contributed by atoms with E-state index < -0.39 is 0 Å². The normalized spacial score (nSPS) is 21.4. The van der Waals surface area contributed by atoms with Gasteiger partial charge in [-0.25, -0.2) is 0 Å². The van der Waals surface area contributed by atoms with E-state index in [1.54, 1.807) is 0 Å². The number of aromatic hydroxyl groups is 1. The summed E-state index contributed by atoms with van der Waals surface area (Å²) in [6.07, 6.45) is 2.83. The Hall–Kier alpha value is -1.22. The number of ether oxygens (including phenoxy) is 2. The van der Waals surface area contributed by atoms with Crippen LogP contribution in [0.4, 0.5) is 0 Å². The summed E-state index contributed by atoms with van der Waals surface area (Å²) in [5.74, 6) is 1.39. The van der Waals surface area contributed by atoms with Crippen LogP contribution in [0.1, 0.15) is 48.9 Å². The number of phenolic OH excluding ortho intramolecular Hbond substituents is 1. The molecule has 1 aromatic carbocycles. The zero-order chi connectivity index (χ0) is 14.9. The largest absolute Gasteiger partial charge is 0.507 e. The minimum absolute atomic E-state index is 0.164. The lowest BCUT2D eigenvalue weighted by Gasteiger charge is -2.38. The van der Waals surface area contributed by atoms with Crippen molar-refractivity contribution in [1.82, 2.24) is 0 Å². The first-order chi connectivity index (χ1) is 9.39. The van der Waals surface area contributed by atoms with E-state index in [1.807, 2.05) is 27.7 Å². The van der Waals surface area contributed by atoms with Gasteiger partial charge in [-0.15, -0.1) is 0 Å². The summed E-state index contributed by atoms with van der Waals surface area (Å²) in [5.41, 5.74) is 3.96. The van der Waals surface area contributed by atoms with Gasteiger partial charge < -0.3 is 14.6 Å². The van der Waals surface area contributed by atoms with E-state index in [-0.39, 0.29) is 5.60 Å². The minimum atomic E-state index is -0.164. The van der Waals surface area contributed by atoms with E-state index in [4.69, 9.17) is 9.47 Å². The van der Waals surface area contributed by atoms with Gasteiger partial charge in [-0.3, -0.25) is 0 Å². The Labute approximate surface area is 121 Å². The van der Waals surface area contributed by atoms with Crippen LogP contribution in [0.5, 0.6) is 11.5 Å². The molecule has 0 amide bonds. The number of hydrogen-bond acceptors (Lipinski definition) is 3. The zero-order valence-corrected chi connectivity index (χ0v) is 13.3. The SMILES string of the molecule is CCOCCC1(C)CCc2c(C)c(O)c(C)c(C)c2O1. The van der Waals surface area contributed by atoms with Gasteiger partial charge in [0.1, 0.15) is 17.1 Å². The molecule has 1 atom stereocenters. The molecule has 1 N–H and O–H groups in total. The van der Waals surface area contributed by atoms with Crippen LogP contribution in [0, 0.1) is 20.8 Å². The van der Waals surface area contributed by atoms with E-state index in [0.29, 0.717) is 5.75 Å². The van der Waals surface area contributed by atoms with Gasteiger partial charge >= 0.3 is 0 Å². The molecule has 1 aliphatic heterocycles. The molecule has 0 saturated carbocycles. The molecule has 0 spiro atoms. The Morgan fingerprint density at radius 1 is 1.20 bits per heavy atom. The molecule has 2 rings (SSSR count). The summed E-state index contributed by atoms with van der Waals surface area (Å²) in [6, 6.07) is 0. The van der Waals surface area contributed by atoms with Crippen LogP contribution in [0.15, 0.2) is 0 Å². The molecular formula is C17H26O3. The molecule has 1 aromatic rings. The van der Waals surface area contributed by atoms with Crippen LogP contribution >= 0.6 is 0 Å². The molecule has 0 saturated heterocycles. The van der Waals surface area contributed by atoms with E-state index >= 15 is 0 Å². The highest BCUT2D eigenvalue weighted by molar-refractivity contribution is 5.58. The predicted molar refractivity (Wildman–Crippen MR) is 80.8 cm³/mol. The molecule has 1 unspecified atom stereocenters. The first kappa shape index (κ1) is 15.2. The summed E-state index contributed by atoms with van der Waals surface area (Å²) >= 11 is 0. The molecule has 0 fully saturated rings. The van der Waals surface area contributed by atoms with Crippen molar-refractivity contribution in [2.75, 3.05) is 13.2 Å². The maximum atomic E-state index is 10.2. The minimum Gasteiger partial charge on any atom is -0.507 e. The molecule has 0 radical (unpaired) electrons. The fourth-order valence-corrected chi connectivity index (χ4v) is 2.90. The highest BCUT2D eigenvalue weighted by atomic mass is 16.5. The van der Waals surface area contributed by atoms with Crippen molar-refractivity contribution >= 4 is 0 Å². The molecule has 0 aromatic heterocycles. The number of fused-ring (bicyclic) bond motifs is 1. The Balaban J connectivity index is 2.30. The molecular weight excluding hydrogens is 252 g/mol. The summed E-state index contributed by atoms with van der Waals surface area (Å²) in [4.78, 5) is 0. The van der Waals surface area contributed by atoms with Crippen LogP contribution < -0.4 is 4.74 Å². The third-order valence-corrected chi connectivity index (χ3v) is 4.57. The Morgan fingerprint density at radius 2 is 1.90 bits per heavy atom. The van der Waals surface area contributed by atoms with Crippen LogP contribution in [0.3, 0.4) is 0 Å². The fraction of sp³-hybridized carbons (Fsp3) is 0.647. The third-order valence-electron chi connectivity index (χ3n) is 4.57. The molecule has 0 bridgehead atoms. The van der Waals surface area contributed by atoms with Crippen molar-refractivity contribution < 1.29 is 14.6 Å². The molecule has 0 aliphatic carbocycles. The van der Waals surface area contributed by atoms with Gasteiger partial charge in [0.15, 0.2) is 0 Å². The van der Waals surface area contributed by atoms with Crippen LogP contribution in [-0.4, -0.2) is 23.9 Å². The van der Waals surface area contributed by atoms with Crippen LogP contribution in [-0.2, 0) is 11.2 Å². The smallest absolute Gasteiger partial charge is 0.127 e. The first-order valence-electron chi connectivity index (χ1n) is 7.48. The summed E-state index contributed by atoms with van der Waals surface area (Å²) in [5, 5.41) is 10.2. The van der Waals surface area contributed by atoms with Gasteiger partial charge in [-0.2, -0.15) is 0 Å². The zero-order valence-electron chi connectivity index (χ0n) is 13.3. The second-order valence-electron chi connectivity index (χ2n) is 6.03. The van der Waals surface area contributed by atoms with Gasteiger partial charge in [-0.05, 0) is 64.2 Å². The van der Waals surface area contributed by atoms with E-state index in [1.165, 1.54) is 5.56 Å². The molecule has 112 valence electrons. The Bertz CT molecular complexity index is 508. The molecule has 3 nitrogen and oxygen atoms in total. The van der Waals surface area contributed by atoms with Gasteiger partial charge in [-0.1, -0.05) is 0 Å². The maximum Gasteiger partial charge on any atom is 0.127 e. The average molecular weight is 278 g/mol. The van der Waals surface area contributed by atoms with E-state index in [9.17, 15) is 5.11 Å². The molecule has 20 heavy (non-hydrogen) atoms. The standard InChI is InChI=1S/C17H26O3/c1-6-19-10-9-17(5)8-7-14-13(4)15(18)11(2)12(3)16(14)20-17/h18H,6-10H2,1-5H3. The van der Waals surface area contributed by atoms with E-state index in [0.717, 1.165) is 54.9 Å². The second kappa shape index (κ2) is 5.65. The van der Waals surface area contributed by atoms with Gasteiger partial charge in [0.05, 0.1) is 6.61 Å². The number of benzene rings is 1. The quantitative estimate of drug-likeness (QED) is 0.851. The topological polar surface area (TPSA) is 38.7 Å². The number of hydrogen-bond donors (Lipinski definition) is 1. The fourth-order valence-electron chi connectivity index (χ4n) is 2.90. The average Bonchev–Trinajstić information content (AvgIpc) is 2.43. The van der Waals surface area contributed by atoms with Crippen molar-refractivity contribution in [3.8, 4) is 11.5 Å². The van der Waals surface area contributed by atoms with Crippen LogP contribution in [0.25, 0.3) is 0 Å². The highest BCUT2D eigenvalue weighted by Crippen LogP contribution is 2.43. The second-order valence-corrected chi connectivity index (χ2v) is 6.03. The van der Waals surface area contributed by atoms with E-state index in [2.05, 4.69) is 6.92 Å². The van der Waals surface area contributed by atoms with Gasteiger partial charge in [0, 0.05) is 18.6 Å². The monoisotopic (exact) mass is 278 g/mol.